The van der Waals surface area contributed by atoms with Crippen LogP contribution in [0.4, 0.5) is 0 Å². The van der Waals surface area contributed by atoms with Gasteiger partial charge in [0.15, 0.2) is 0 Å². The summed E-state index contributed by atoms with van der Waals surface area (Å²) in [6.07, 6.45) is 1.66. The Bertz CT molecular complexity index is 512. The zero-order valence-electron chi connectivity index (χ0n) is 8.58. The highest BCUT2D eigenvalue weighted by Crippen LogP contribution is 2.31. The Balaban J connectivity index is 2.20. The maximum atomic E-state index is 10.6. The summed E-state index contributed by atoms with van der Waals surface area (Å²) in [5.41, 5.74) is 0.921. The minimum atomic E-state index is -0.781. The predicted molar refractivity (Wildman–Crippen MR) is 65.0 cm³/mol. The number of nitrogens with zero attached hydrogens (tertiary/aromatic N) is 2. The molecule has 0 bridgehead atoms. The van der Waals surface area contributed by atoms with Crippen molar-refractivity contribution in [3.05, 3.63) is 17.8 Å². The lowest BCUT2D eigenvalue weighted by atomic mass is 10.3. The number of fused-ring (bicyclic) bond motifs is 1. The molecule has 84 valence electrons. The zero-order chi connectivity index (χ0) is 11.5. The highest BCUT2D eigenvalue weighted by molar-refractivity contribution is 8.00. The number of rotatable bonds is 4. The molecule has 0 spiro atoms. The van der Waals surface area contributed by atoms with Gasteiger partial charge in [0.25, 0.3) is 0 Å². The molecule has 2 heterocycles. The third-order valence-electron chi connectivity index (χ3n) is 1.99. The van der Waals surface area contributed by atoms with Crippen molar-refractivity contribution in [2.45, 2.75) is 23.6 Å². The van der Waals surface area contributed by atoms with E-state index in [1.807, 2.05) is 18.4 Å². The van der Waals surface area contributed by atoms with Gasteiger partial charge < -0.3 is 5.11 Å². The van der Waals surface area contributed by atoms with Crippen molar-refractivity contribution >= 4 is 39.3 Å². The van der Waals surface area contributed by atoms with Crippen molar-refractivity contribution in [1.29, 1.82) is 0 Å². The summed E-state index contributed by atoms with van der Waals surface area (Å²) in [6, 6.07) is 1.94. The fourth-order valence-corrected chi connectivity index (χ4v) is 3.27. The number of hydrogen-bond acceptors (Lipinski definition) is 5. The molecule has 6 heteroatoms. The van der Waals surface area contributed by atoms with E-state index in [0.29, 0.717) is 0 Å². The largest absolute Gasteiger partial charge is 0.481 e. The first kappa shape index (κ1) is 11.3. The zero-order valence-corrected chi connectivity index (χ0v) is 10.2. The van der Waals surface area contributed by atoms with Gasteiger partial charge in [-0.05, 0) is 11.4 Å². The monoisotopic (exact) mass is 254 g/mol. The standard InChI is InChI=1S/C10H10N2O2S2/c1-6(4-8(13)14)16-10-9-7(2-3-15-9)11-5-12-10/h2-3,5-6H,4H2,1H3,(H,13,14). The third kappa shape index (κ3) is 2.51. The molecule has 0 radical (unpaired) electrons. The first-order valence-electron chi connectivity index (χ1n) is 4.73. The molecular weight excluding hydrogens is 244 g/mol. The van der Waals surface area contributed by atoms with Gasteiger partial charge in [0.05, 0.1) is 16.6 Å². The number of carboxylic acids is 1. The summed E-state index contributed by atoms with van der Waals surface area (Å²) in [7, 11) is 0. The summed E-state index contributed by atoms with van der Waals surface area (Å²) >= 11 is 3.07. The fraction of sp³-hybridized carbons (Fsp3) is 0.300. The molecule has 0 aromatic carbocycles. The summed E-state index contributed by atoms with van der Waals surface area (Å²) in [5.74, 6) is -0.781. The Labute approximate surface area is 101 Å². The first-order chi connectivity index (χ1) is 7.66. The topological polar surface area (TPSA) is 63.1 Å². The Morgan fingerprint density at radius 2 is 2.44 bits per heavy atom. The van der Waals surface area contributed by atoms with E-state index in [0.717, 1.165) is 15.2 Å². The van der Waals surface area contributed by atoms with Crippen LogP contribution in [0.25, 0.3) is 10.2 Å². The van der Waals surface area contributed by atoms with E-state index in [-0.39, 0.29) is 11.7 Å². The van der Waals surface area contributed by atoms with Crippen LogP contribution in [0.1, 0.15) is 13.3 Å². The normalized spacial score (nSPS) is 12.8. The molecule has 16 heavy (non-hydrogen) atoms. The van der Waals surface area contributed by atoms with Gasteiger partial charge in [0, 0.05) is 5.25 Å². The number of carbonyl (C=O) groups is 1. The van der Waals surface area contributed by atoms with Crippen LogP contribution < -0.4 is 0 Å². The van der Waals surface area contributed by atoms with Gasteiger partial charge in [-0.3, -0.25) is 4.79 Å². The highest BCUT2D eigenvalue weighted by Gasteiger charge is 2.13. The van der Waals surface area contributed by atoms with Crippen LogP contribution in [0, 0.1) is 0 Å². The average Bonchev–Trinajstić information content (AvgIpc) is 2.65. The Morgan fingerprint density at radius 1 is 1.62 bits per heavy atom. The minimum absolute atomic E-state index is 0.0118. The van der Waals surface area contributed by atoms with Crippen molar-refractivity contribution < 1.29 is 9.90 Å². The number of hydrogen-bond donors (Lipinski definition) is 1. The van der Waals surface area contributed by atoms with Gasteiger partial charge in [-0.1, -0.05) is 6.92 Å². The maximum absolute atomic E-state index is 10.6. The minimum Gasteiger partial charge on any atom is -0.481 e. The van der Waals surface area contributed by atoms with Gasteiger partial charge >= 0.3 is 5.97 Å². The molecule has 2 rings (SSSR count). The SMILES string of the molecule is CC(CC(=O)O)Sc1ncnc2ccsc12. The molecular formula is C10H10N2O2S2. The molecule has 2 aromatic rings. The second-order valence-electron chi connectivity index (χ2n) is 3.34. The van der Waals surface area contributed by atoms with E-state index in [2.05, 4.69) is 9.97 Å². The molecule has 0 aliphatic heterocycles. The molecule has 0 amide bonds. The van der Waals surface area contributed by atoms with Crippen LogP contribution in [0.15, 0.2) is 22.8 Å². The van der Waals surface area contributed by atoms with Gasteiger partial charge in [-0.15, -0.1) is 23.1 Å². The molecule has 0 aliphatic carbocycles. The van der Waals surface area contributed by atoms with Crippen molar-refractivity contribution in [1.82, 2.24) is 9.97 Å². The molecule has 0 aliphatic rings. The summed E-state index contributed by atoms with van der Waals surface area (Å²) in [6.45, 7) is 1.89. The maximum Gasteiger partial charge on any atom is 0.304 e. The predicted octanol–water partition coefficient (Wildman–Crippen LogP) is 2.65. The number of thioether (sulfide) groups is 1. The number of carboxylic acid groups (broad SMARTS) is 1. The first-order valence-corrected chi connectivity index (χ1v) is 6.49. The molecule has 0 saturated heterocycles. The Hall–Kier alpha value is -1.14. The lowest BCUT2D eigenvalue weighted by Gasteiger charge is -2.07. The second-order valence-corrected chi connectivity index (χ2v) is 5.68. The van der Waals surface area contributed by atoms with Gasteiger partial charge in [0.1, 0.15) is 11.4 Å². The average molecular weight is 254 g/mol. The molecule has 1 N–H and O–H groups in total. The van der Waals surface area contributed by atoms with E-state index >= 15 is 0 Å². The van der Waals surface area contributed by atoms with Crippen molar-refractivity contribution in [2.24, 2.45) is 0 Å². The van der Waals surface area contributed by atoms with E-state index in [1.54, 1.807) is 11.3 Å². The molecule has 0 fully saturated rings. The van der Waals surface area contributed by atoms with E-state index in [4.69, 9.17) is 5.11 Å². The van der Waals surface area contributed by atoms with Crippen LogP contribution in [0.3, 0.4) is 0 Å². The van der Waals surface area contributed by atoms with Crippen molar-refractivity contribution in [3.63, 3.8) is 0 Å². The highest BCUT2D eigenvalue weighted by atomic mass is 32.2. The van der Waals surface area contributed by atoms with Crippen LogP contribution in [0.5, 0.6) is 0 Å². The summed E-state index contributed by atoms with van der Waals surface area (Å²) in [5, 5.41) is 11.5. The number of thiophene rings is 1. The lowest BCUT2D eigenvalue weighted by molar-refractivity contribution is -0.136. The van der Waals surface area contributed by atoms with Crippen LogP contribution >= 0.6 is 23.1 Å². The van der Waals surface area contributed by atoms with E-state index < -0.39 is 5.97 Å². The van der Waals surface area contributed by atoms with Crippen LogP contribution in [-0.4, -0.2) is 26.3 Å². The van der Waals surface area contributed by atoms with Crippen molar-refractivity contribution in [2.75, 3.05) is 0 Å². The Kier molecular flexibility index (Phi) is 3.40. The van der Waals surface area contributed by atoms with Crippen LogP contribution in [-0.2, 0) is 4.79 Å². The molecule has 4 nitrogen and oxygen atoms in total. The van der Waals surface area contributed by atoms with E-state index in [1.165, 1.54) is 18.1 Å². The van der Waals surface area contributed by atoms with Gasteiger partial charge in [0.2, 0.25) is 0 Å². The summed E-state index contributed by atoms with van der Waals surface area (Å²) in [4.78, 5) is 18.9. The number of aromatic nitrogens is 2. The smallest absolute Gasteiger partial charge is 0.304 e. The van der Waals surface area contributed by atoms with Crippen molar-refractivity contribution in [3.8, 4) is 0 Å². The second kappa shape index (κ2) is 4.80. The quantitative estimate of drug-likeness (QED) is 0.671. The molecule has 1 unspecified atom stereocenters. The Morgan fingerprint density at radius 3 is 3.19 bits per heavy atom. The number of aliphatic carboxylic acids is 1. The fourth-order valence-electron chi connectivity index (χ4n) is 1.33. The van der Waals surface area contributed by atoms with Gasteiger partial charge in [-0.25, -0.2) is 9.97 Å². The molecule has 0 saturated carbocycles. The van der Waals surface area contributed by atoms with E-state index in [9.17, 15) is 4.79 Å². The summed E-state index contributed by atoms with van der Waals surface area (Å²) < 4.78 is 1.03. The van der Waals surface area contributed by atoms with Crippen LogP contribution in [0.2, 0.25) is 0 Å². The molecule has 1 atom stereocenters. The lowest BCUT2D eigenvalue weighted by Crippen LogP contribution is -2.05. The van der Waals surface area contributed by atoms with Gasteiger partial charge in [-0.2, -0.15) is 0 Å². The third-order valence-corrected chi connectivity index (χ3v) is 4.13. The molecule has 2 aromatic heterocycles.